The maximum absolute atomic E-state index is 12.8. The molecule has 2 aliphatic rings. The second-order valence-electron chi connectivity index (χ2n) is 7.10. The molecule has 2 fully saturated rings. The van der Waals surface area contributed by atoms with Crippen molar-refractivity contribution >= 4 is 17.5 Å². The molecule has 2 N–H and O–H groups in total. The van der Waals surface area contributed by atoms with Gasteiger partial charge in [-0.05, 0) is 30.5 Å². The van der Waals surface area contributed by atoms with Crippen LogP contribution in [-0.4, -0.2) is 50.0 Å². The summed E-state index contributed by atoms with van der Waals surface area (Å²) in [5, 5.41) is 0. The Morgan fingerprint density at radius 1 is 1.42 bits per heavy atom. The van der Waals surface area contributed by atoms with Crippen LogP contribution < -0.4 is 15.4 Å². The van der Waals surface area contributed by atoms with Crippen molar-refractivity contribution in [3.63, 3.8) is 0 Å². The molecule has 2 heterocycles. The van der Waals surface area contributed by atoms with Gasteiger partial charge in [0.25, 0.3) is 0 Å². The van der Waals surface area contributed by atoms with Gasteiger partial charge in [0.15, 0.2) is 0 Å². The molecule has 130 valence electrons. The number of ether oxygens (including phenoxy) is 1. The third-order valence-electron chi connectivity index (χ3n) is 5.21. The lowest BCUT2D eigenvalue weighted by molar-refractivity contribution is -0.135. The van der Waals surface area contributed by atoms with Crippen LogP contribution in [0, 0.1) is 11.3 Å². The predicted octanol–water partition coefficient (Wildman–Crippen LogP) is 1.25. The van der Waals surface area contributed by atoms with Crippen molar-refractivity contribution in [2.24, 2.45) is 17.1 Å². The first-order valence-electron chi connectivity index (χ1n) is 8.40. The Balaban J connectivity index is 1.72. The van der Waals surface area contributed by atoms with Gasteiger partial charge in [-0.1, -0.05) is 19.1 Å². The first-order chi connectivity index (χ1) is 11.5. The van der Waals surface area contributed by atoms with Crippen molar-refractivity contribution in [3.8, 4) is 5.75 Å². The van der Waals surface area contributed by atoms with Gasteiger partial charge in [0.05, 0.1) is 18.7 Å². The summed E-state index contributed by atoms with van der Waals surface area (Å²) < 4.78 is 5.34. The fraction of sp³-hybridized carbons (Fsp3) is 0.556. The number of methoxy groups -OCH3 is 1. The van der Waals surface area contributed by atoms with Gasteiger partial charge in [0, 0.05) is 26.1 Å². The molecule has 0 aromatic heterocycles. The van der Waals surface area contributed by atoms with Crippen LogP contribution in [0.25, 0.3) is 0 Å². The molecule has 1 aromatic rings. The Morgan fingerprint density at radius 2 is 2.17 bits per heavy atom. The van der Waals surface area contributed by atoms with E-state index in [9.17, 15) is 9.59 Å². The zero-order valence-electron chi connectivity index (χ0n) is 14.3. The van der Waals surface area contributed by atoms with E-state index in [0.717, 1.165) is 18.7 Å². The Hall–Kier alpha value is -2.08. The molecule has 0 aliphatic carbocycles. The van der Waals surface area contributed by atoms with Gasteiger partial charge in [-0.2, -0.15) is 0 Å². The highest BCUT2D eigenvalue weighted by atomic mass is 16.5. The summed E-state index contributed by atoms with van der Waals surface area (Å²) in [6.45, 7) is 4.51. The van der Waals surface area contributed by atoms with Gasteiger partial charge in [0.2, 0.25) is 11.8 Å². The number of carbonyl (C=O) groups is 2. The number of anilines is 1. The van der Waals surface area contributed by atoms with E-state index in [1.807, 2.05) is 29.2 Å². The third kappa shape index (κ3) is 2.98. The summed E-state index contributed by atoms with van der Waals surface area (Å²) in [4.78, 5) is 28.8. The monoisotopic (exact) mass is 331 g/mol. The van der Waals surface area contributed by atoms with Gasteiger partial charge < -0.3 is 20.3 Å². The minimum absolute atomic E-state index is 0.000606. The van der Waals surface area contributed by atoms with Gasteiger partial charge in [-0.3, -0.25) is 9.59 Å². The molecule has 1 aromatic carbocycles. The van der Waals surface area contributed by atoms with Crippen molar-refractivity contribution in [3.05, 3.63) is 24.3 Å². The number of hydrogen-bond acceptors (Lipinski definition) is 4. The van der Waals surface area contributed by atoms with Crippen molar-refractivity contribution in [2.75, 3.05) is 38.2 Å². The summed E-state index contributed by atoms with van der Waals surface area (Å²) in [7, 11) is 1.58. The topological polar surface area (TPSA) is 75.9 Å². The summed E-state index contributed by atoms with van der Waals surface area (Å²) in [5.74, 6) is 0.398. The Bertz CT molecular complexity index is 648. The maximum Gasteiger partial charge on any atom is 0.228 e. The molecule has 0 bridgehead atoms. The first kappa shape index (κ1) is 16.8. The molecule has 24 heavy (non-hydrogen) atoms. The summed E-state index contributed by atoms with van der Waals surface area (Å²) in [5.41, 5.74) is 6.55. The molecule has 0 saturated carbocycles. The van der Waals surface area contributed by atoms with Crippen LogP contribution in [0.1, 0.15) is 19.8 Å². The van der Waals surface area contributed by atoms with E-state index in [0.29, 0.717) is 25.4 Å². The second-order valence-corrected chi connectivity index (χ2v) is 7.10. The number of para-hydroxylation sites is 2. The molecule has 6 heteroatoms. The summed E-state index contributed by atoms with van der Waals surface area (Å²) >= 11 is 0. The molecule has 6 nitrogen and oxygen atoms in total. The fourth-order valence-electron chi connectivity index (χ4n) is 3.60. The lowest BCUT2D eigenvalue weighted by atomic mass is 9.90. The average molecular weight is 331 g/mol. The van der Waals surface area contributed by atoms with Crippen LogP contribution in [0.5, 0.6) is 5.75 Å². The third-order valence-corrected chi connectivity index (χ3v) is 5.21. The van der Waals surface area contributed by atoms with Gasteiger partial charge in [-0.15, -0.1) is 0 Å². The lowest BCUT2D eigenvalue weighted by Gasteiger charge is -2.24. The Morgan fingerprint density at radius 3 is 2.83 bits per heavy atom. The summed E-state index contributed by atoms with van der Waals surface area (Å²) in [6.07, 6.45) is 1.18. The fourth-order valence-corrected chi connectivity index (χ4v) is 3.60. The molecular formula is C18H25N3O3. The molecule has 2 unspecified atom stereocenters. The van der Waals surface area contributed by atoms with Crippen molar-refractivity contribution < 1.29 is 14.3 Å². The maximum atomic E-state index is 12.8. The average Bonchev–Trinajstić information content (AvgIpc) is 3.18. The zero-order chi connectivity index (χ0) is 17.3. The quantitative estimate of drug-likeness (QED) is 0.901. The van der Waals surface area contributed by atoms with E-state index in [4.69, 9.17) is 10.5 Å². The number of rotatable bonds is 4. The van der Waals surface area contributed by atoms with Crippen LogP contribution in [0.15, 0.2) is 24.3 Å². The highest BCUT2D eigenvalue weighted by Gasteiger charge is 2.42. The van der Waals surface area contributed by atoms with E-state index in [-0.39, 0.29) is 29.6 Å². The number of benzene rings is 1. The number of hydrogen-bond donors (Lipinski definition) is 1. The van der Waals surface area contributed by atoms with Gasteiger partial charge in [-0.25, -0.2) is 0 Å². The van der Waals surface area contributed by atoms with Gasteiger partial charge in [0.1, 0.15) is 5.75 Å². The minimum atomic E-state index is -0.289. The minimum Gasteiger partial charge on any atom is -0.495 e. The first-order valence-corrected chi connectivity index (χ1v) is 8.40. The standard InChI is InChI=1S/C18H25N3O3/c1-18(11-19)7-8-20(12-18)17(23)13-9-16(22)21(10-13)14-5-3-4-6-15(14)24-2/h3-6,13H,7-12,19H2,1-2H3. The highest BCUT2D eigenvalue weighted by molar-refractivity contribution is 6.01. The van der Waals surface area contributed by atoms with Crippen molar-refractivity contribution in [1.82, 2.24) is 4.90 Å². The van der Waals surface area contributed by atoms with Crippen molar-refractivity contribution in [2.45, 2.75) is 19.8 Å². The van der Waals surface area contributed by atoms with E-state index in [2.05, 4.69) is 6.92 Å². The molecule has 2 atom stereocenters. The highest BCUT2D eigenvalue weighted by Crippen LogP contribution is 2.35. The molecule has 0 spiro atoms. The van der Waals surface area contributed by atoms with E-state index in [1.165, 1.54) is 0 Å². The molecule has 2 saturated heterocycles. The second kappa shape index (κ2) is 6.43. The molecule has 2 aliphatic heterocycles. The van der Waals surface area contributed by atoms with Crippen molar-refractivity contribution in [1.29, 1.82) is 0 Å². The van der Waals surface area contributed by atoms with Crippen LogP contribution >= 0.6 is 0 Å². The van der Waals surface area contributed by atoms with Crippen LogP contribution in [0.2, 0.25) is 0 Å². The van der Waals surface area contributed by atoms with Crippen LogP contribution in [-0.2, 0) is 9.59 Å². The number of likely N-dealkylation sites (tertiary alicyclic amines) is 1. The lowest BCUT2D eigenvalue weighted by Crippen LogP contribution is -2.38. The van der Waals surface area contributed by atoms with E-state index in [1.54, 1.807) is 12.0 Å². The van der Waals surface area contributed by atoms with E-state index < -0.39 is 0 Å². The number of nitrogens with two attached hydrogens (primary N) is 1. The van der Waals surface area contributed by atoms with Crippen LogP contribution in [0.3, 0.4) is 0 Å². The Labute approximate surface area is 142 Å². The largest absolute Gasteiger partial charge is 0.495 e. The predicted molar refractivity (Wildman–Crippen MR) is 91.8 cm³/mol. The van der Waals surface area contributed by atoms with Gasteiger partial charge >= 0.3 is 0 Å². The molecule has 2 amide bonds. The number of nitrogens with zero attached hydrogens (tertiary/aromatic N) is 2. The van der Waals surface area contributed by atoms with Crippen LogP contribution in [0.4, 0.5) is 5.69 Å². The molecular weight excluding hydrogens is 306 g/mol. The zero-order valence-corrected chi connectivity index (χ0v) is 14.3. The number of amides is 2. The smallest absolute Gasteiger partial charge is 0.228 e. The molecule has 3 rings (SSSR count). The number of carbonyl (C=O) groups excluding carboxylic acids is 2. The SMILES string of the molecule is COc1ccccc1N1CC(C(=O)N2CCC(C)(CN)C2)CC1=O. The van der Waals surface area contributed by atoms with E-state index >= 15 is 0 Å². The Kier molecular flexibility index (Phi) is 4.49. The molecule has 0 radical (unpaired) electrons. The normalized spacial score (nSPS) is 27.0. The summed E-state index contributed by atoms with van der Waals surface area (Å²) in [6, 6.07) is 7.41.